The molecule has 24 heavy (non-hydrogen) atoms. The van der Waals surface area contributed by atoms with Gasteiger partial charge in [0.1, 0.15) is 17.8 Å². The van der Waals surface area contributed by atoms with Crippen LogP contribution in [0.4, 0.5) is 11.5 Å². The van der Waals surface area contributed by atoms with Gasteiger partial charge in [-0.15, -0.1) is 0 Å². The van der Waals surface area contributed by atoms with Gasteiger partial charge in [0.25, 0.3) is 5.91 Å². The third-order valence-corrected chi connectivity index (χ3v) is 4.14. The van der Waals surface area contributed by atoms with Gasteiger partial charge in [0.15, 0.2) is 0 Å². The molecule has 0 spiro atoms. The Labute approximate surface area is 143 Å². The van der Waals surface area contributed by atoms with Crippen molar-refractivity contribution in [3.05, 3.63) is 47.4 Å². The smallest absolute Gasteiger partial charge is 0.270 e. The van der Waals surface area contributed by atoms with Crippen LogP contribution in [-0.2, 0) is 12.8 Å². The molecular formula is C19H26N4O. The first-order valence-corrected chi connectivity index (χ1v) is 8.59. The lowest BCUT2D eigenvalue weighted by Gasteiger charge is -2.15. The number of rotatable bonds is 7. The van der Waals surface area contributed by atoms with Gasteiger partial charge in [0.05, 0.1) is 0 Å². The molecule has 5 nitrogen and oxygen atoms in total. The van der Waals surface area contributed by atoms with E-state index in [2.05, 4.69) is 52.6 Å². The van der Waals surface area contributed by atoms with E-state index in [4.69, 9.17) is 0 Å². The maximum absolute atomic E-state index is 12.2. The van der Waals surface area contributed by atoms with Crippen LogP contribution in [-0.4, -0.2) is 21.9 Å². The zero-order valence-corrected chi connectivity index (χ0v) is 14.9. The lowest BCUT2D eigenvalue weighted by molar-refractivity contribution is 0.0934. The number of benzene rings is 1. The summed E-state index contributed by atoms with van der Waals surface area (Å²) in [4.78, 5) is 20.6. The van der Waals surface area contributed by atoms with Crippen LogP contribution in [0.5, 0.6) is 0 Å². The van der Waals surface area contributed by atoms with Gasteiger partial charge in [-0.3, -0.25) is 4.79 Å². The van der Waals surface area contributed by atoms with Gasteiger partial charge in [-0.2, -0.15) is 0 Å². The van der Waals surface area contributed by atoms with E-state index in [0.717, 1.165) is 24.9 Å². The number of hydrogen-bond donors (Lipinski definition) is 2. The van der Waals surface area contributed by atoms with Gasteiger partial charge in [-0.1, -0.05) is 39.0 Å². The summed E-state index contributed by atoms with van der Waals surface area (Å²) in [6.45, 7) is 8.27. The van der Waals surface area contributed by atoms with Crippen molar-refractivity contribution in [2.45, 2.75) is 53.0 Å². The second kappa shape index (κ2) is 8.43. The fourth-order valence-electron chi connectivity index (χ4n) is 2.48. The van der Waals surface area contributed by atoms with Gasteiger partial charge < -0.3 is 10.6 Å². The summed E-state index contributed by atoms with van der Waals surface area (Å²) >= 11 is 0. The SMILES string of the molecule is CCc1cccc(CC)c1Nc1cc(C(=O)NC(C)CC)ncn1. The molecule has 5 heteroatoms. The van der Waals surface area contributed by atoms with Crippen molar-refractivity contribution in [1.29, 1.82) is 0 Å². The number of hydrogen-bond acceptors (Lipinski definition) is 4. The van der Waals surface area contributed by atoms with Crippen LogP contribution in [0.1, 0.15) is 55.7 Å². The number of aromatic nitrogens is 2. The summed E-state index contributed by atoms with van der Waals surface area (Å²) in [6, 6.07) is 8.12. The number of carbonyl (C=O) groups is 1. The van der Waals surface area contributed by atoms with Crippen LogP contribution in [0.15, 0.2) is 30.6 Å². The van der Waals surface area contributed by atoms with Crippen LogP contribution in [0.3, 0.4) is 0 Å². The Hall–Kier alpha value is -2.43. The summed E-state index contributed by atoms with van der Waals surface area (Å²) in [5.74, 6) is 0.462. The van der Waals surface area contributed by atoms with Crippen molar-refractivity contribution in [1.82, 2.24) is 15.3 Å². The van der Waals surface area contributed by atoms with Crippen molar-refractivity contribution in [3.8, 4) is 0 Å². The number of carbonyl (C=O) groups excluding carboxylic acids is 1. The predicted octanol–water partition coefficient (Wildman–Crippen LogP) is 3.87. The first kappa shape index (κ1) is 17.9. The van der Waals surface area contributed by atoms with E-state index >= 15 is 0 Å². The van der Waals surface area contributed by atoms with E-state index in [1.807, 2.05) is 13.8 Å². The van der Waals surface area contributed by atoms with Crippen molar-refractivity contribution in [3.63, 3.8) is 0 Å². The average Bonchev–Trinajstić information content (AvgIpc) is 2.61. The van der Waals surface area contributed by atoms with Gasteiger partial charge >= 0.3 is 0 Å². The predicted molar refractivity (Wildman–Crippen MR) is 97.7 cm³/mol. The zero-order chi connectivity index (χ0) is 17.5. The van der Waals surface area contributed by atoms with E-state index < -0.39 is 0 Å². The zero-order valence-electron chi connectivity index (χ0n) is 14.9. The Balaban J connectivity index is 2.26. The fourth-order valence-corrected chi connectivity index (χ4v) is 2.48. The molecule has 1 aromatic carbocycles. The molecule has 1 heterocycles. The van der Waals surface area contributed by atoms with Crippen LogP contribution < -0.4 is 10.6 Å². The summed E-state index contributed by atoms with van der Waals surface area (Å²) in [5.41, 5.74) is 3.92. The molecule has 1 unspecified atom stereocenters. The Morgan fingerprint density at radius 3 is 2.38 bits per heavy atom. The topological polar surface area (TPSA) is 66.9 Å². The second-order valence-corrected chi connectivity index (χ2v) is 5.85. The summed E-state index contributed by atoms with van der Waals surface area (Å²) in [7, 11) is 0. The largest absolute Gasteiger partial charge is 0.348 e. The van der Waals surface area contributed by atoms with Crippen molar-refractivity contribution in [2.24, 2.45) is 0 Å². The van der Waals surface area contributed by atoms with E-state index in [1.54, 1.807) is 6.07 Å². The minimum Gasteiger partial charge on any atom is -0.348 e. The third kappa shape index (κ3) is 4.31. The fraction of sp³-hybridized carbons (Fsp3) is 0.421. The van der Waals surface area contributed by atoms with Crippen molar-refractivity contribution < 1.29 is 4.79 Å². The molecule has 0 fully saturated rings. The number of nitrogens with one attached hydrogen (secondary N) is 2. The van der Waals surface area contributed by atoms with Crippen molar-refractivity contribution >= 4 is 17.4 Å². The van der Waals surface area contributed by atoms with E-state index in [9.17, 15) is 4.79 Å². The Kier molecular flexibility index (Phi) is 6.29. The molecule has 0 bridgehead atoms. The molecule has 0 aliphatic heterocycles. The molecule has 2 rings (SSSR count). The molecule has 0 aliphatic carbocycles. The Morgan fingerprint density at radius 2 is 1.79 bits per heavy atom. The highest BCUT2D eigenvalue weighted by atomic mass is 16.1. The molecule has 1 atom stereocenters. The molecular weight excluding hydrogens is 300 g/mol. The second-order valence-electron chi connectivity index (χ2n) is 5.85. The third-order valence-electron chi connectivity index (χ3n) is 4.14. The van der Waals surface area contributed by atoms with Crippen LogP contribution in [0.2, 0.25) is 0 Å². The number of anilines is 2. The molecule has 0 saturated heterocycles. The molecule has 2 N–H and O–H groups in total. The summed E-state index contributed by atoms with van der Waals surface area (Å²) < 4.78 is 0. The van der Waals surface area contributed by atoms with Crippen molar-refractivity contribution in [2.75, 3.05) is 5.32 Å². The Bertz CT molecular complexity index is 677. The van der Waals surface area contributed by atoms with E-state index in [-0.39, 0.29) is 11.9 Å². The highest BCUT2D eigenvalue weighted by Gasteiger charge is 2.12. The number of nitrogens with zero attached hydrogens (tertiary/aromatic N) is 2. The standard InChI is InChI=1S/C19H26N4O/c1-5-13(4)22-19(24)16-11-17(21-12-20-16)23-18-14(6-2)9-8-10-15(18)7-3/h8-13H,5-7H2,1-4H3,(H,22,24)(H,20,21,23). The first-order valence-electron chi connectivity index (χ1n) is 8.59. The lowest BCUT2D eigenvalue weighted by Crippen LogP contribution is -2.32. The minimum absolute atomic E-state index is 0.122. The molecule has 1 amide bonds. The molecule has 0 saturated carbocycles. The minimum atomic E-state index is -0.172. The highest BCUT2D eigenvalue weighted by molar-refractivity contribution is 5.93. The molecule has 0 radical (unpaired) electrons. The molecule has 0 aliphatic rings. The number of aryl methyl sites for hydroxylation is 2. The summed E-state index contributed by atoms with van der Waals surface area (Å²) in [6.07, 6.45) is 4.17. The maximum Gasteiger partial charge on any atom is 0.270 e. The summed E-state index contributed by atoms with van der Waals surface area (Å²) in [5, 5.41) is 6.30. The van der Waals surface area contributed by atoms with E-state index in [0.29, 0.717) is 11.5 Å². The van der Waals surface area contributed by atoms with Crippen LogP contribution >= 0.6 is 0 Å². The van der Waals surface area contributed by atoms with E-state index in [1.165, 1.54) is 17.5 Å². The number of para-hydroxylation sites is 1. The monoisotopic (exact) mass is 326 g/mol. The van der Waals surface area contributed by atoms with Gasteiger partial charge in [-0.05, 0) is 37.3 Å². The normalized spacial score (nSPS) is 11.8. The number of amides is 1. The molecule has 2 aromatic rings. The maximum atomic E-state index is 12.2. The van der Waals surface area contributed by atoms with Gasteiger partial charge in [0.2, 0.25) is 0 Å². The van der Waals surface area contributed by atoms with Crippen LogP contribution in [0, 0.1) is 0 Å². The first-order chi connectivity index (χ1) is 11.6. The van der Waals surface area contributed by atoms with Gasteiger partial charge in [-0.25, -0.2) is 9.97 Å². The molecule has 128 valence electrons. The van der Waals surface area contributed by atoms with Crippen LogP contribution in [0.25, 0.3) is 0 Å². The molecule has 1 aromatic heterocycles. The quantitative estimate of drug-likeness (QED) is 0.810. The lowest BCUT2D eigenvalue weighted by atomic mass is 10.0. The highest BCUT2D eigenvalue weighted by Crippen LogP contribution is 2.25. The Morgan fingerprint density at radius 1 is 1.12 bits per heavy atom. The average molecular weight is 326 g/mol. The van der Waals surface area contributed by atoms with Gasteiger partial charge in [0, 0.05) is 17.8 Å².